The molecule has 3 rings (SSSR count). The van der Waals surface area contributed by atoms with Crippen LogP contribution in [0.3, 0.4) is 0 Å². The zero-order valence-corrected chi connectivity index (χ0v) is 15.3. The maximum Gasteiger partial charge on any atom is 0.269 e. The van der Waals surface area contributed by atoms with E-state index in [1.165, 1.54) is 29.5 Å². The first-order valence-electron chi connectivity index (χ1n) is 8.00. The summed E-state index contributed by atoms with van der Waals surface area (Å²) in [6.45, 7) is 4.24. The van der Waals surface area contributed by atoms with Crippen LogP contribution in [-0.4, -0.2) is 52.6 Å². The first kappa shape index (κ1) is 17.9. The third-order valence-corrected chi connectivity index (χ3v) is 5.85. The lowest BCUT2D eigenvalue weighted by atomic mass is 10.2. The summed E-state index contributed by atoms with van der Waals surface area (Å²) in [7, 11) is 0. The molecule has 1 aliphatic rings. The van der Waals surface area contributed by atoms with Gasteiger partial charge in [0.15, 0.2) is 0 Å². The normalized spacial score (nSPS) is 15.3. The molecule has 1 saturated heterocycles. The number of piperazine rings is 1. The van der Waals surface area contributed by atoms with Gasteiger partial charge in [-0.1, -0.05) is 0 Å². The van der Waals surface area contributed by atoms with Gasteiger partial charge in [-0.3, -0.25) is 19.8 Å². The topological polar surface area (TPSA) is 66.7 Å². The van der Waals surface area contributed by atoms with Crippen LogP contribution in [0.15, 0.2) is 46.0 Å². The summed E-state index contributed by atoms with van der Waals surface area (Å²) in [6.07, 6.45) is 0. The summed E-state index contributed by atoms with van der Waals surface area (Å²) in [5.41, 5.74) is 1.40. The Hall–Kier alpha value is -1.90. The van der Waals surface area contributed by atoms with Crippen molar-refractivity contribution in [3.63, 3.8) is 0 Å². The quantitative estimate of drug-likeness (QED) is 0.440. The Morgan fingerprint density at radius 1 is 1.16 bits per heavy atom. The minimum atomic E-state index is -0.421. The Morgan fingerprint density at radius 3 is 2.48 bits per heavy atom. The van der Waals surface area contributed by atoms with Crippen molar-refractivity contribution in [3.8, 4) is 0 Å². The molecule has 0 spiro atoms. The summed E-state index contributed by atoms with van der Waals surface area (Å²) >= 11 is 3.13. The molecule has 0 aliphatic carbocycles. The second-order valence-corrected chi connectivity index (χ2v) is 7.66. The summed E-state index contributed by atoms with van der Waals surface area (Å²) in [6, 6.07) is 8.46. The summed E-state index contributed by atoms with van der Waals surface area (Å²) < 4.78 is 0. The van der Waals surface area contributed by atoms with E-state index in [0.29, 0.717) is 5.75 Å². The molecule has 132 valence electrons. The highest BCUT2D eigenvalue weighted by molar-refractivity contribution is 8.00. The fourth-order valence-electron chi connectivity index (χ4n) is 2.70. The van der Waals surface area contributed by atoms with Crippen molar-refractivity contribution < 1.29 is 9.72 Å². The van der Waals surface area contributed by atoms with Crippen molar-refractivity contribution in [2.45, 2.75) is 11.4 Å². The molecule has 2 heterocycles. The lowest BCUT2D eigenvalue weighted by molar-refractivity contribution is -0.384. The first-order valence-corrected chi connectivity index (χ1v) is 9.93. The van der Waals surface area contributed by atoms with Crippen LogP contribution in [0.2, 0.25) is 0 Å². The van der Waals surface area contributed by atoms with Crippen molar-refractivity contribution in [1.29, 1.82) is 0 Å². The molecule has 1 aromatic carbocycles. The number of hydrogen-bond donors (Lipinski definition) is 0. The molecule has 0 radical (unpaired) electrons. The fraction of sp³-hybridized carbons (Fsp3) is 0.353. The third kappa shape index (κ3) is 5.04. The van der Waals surface area contributed by atoms with Gasteiger partial charge >= 0.3 is 0 Å². The zero-order chi connectivity index (χ0) is 17.6. The number of amides is 1. The first-order chi connectivity index (χ1) is 12.1. The maximum atomic E-state index is 12.4. The van der Waals surface area contributed by atoms with E-state index in [1.807, 2.05) is 4.90 Å². The molecule has 25 heavy (non-hydrogen) atoms. The third-order valence-electron chi connectivity index (χ3n) is 4.12. The van der Waals surface area contributed by atoms with E-state index in [1.54, 1.807) is 23.5 Å². The van der Waals surface area contributed by atoms with E-state index in [9.17, 15) is 14.9 Å². The summed E-state index contributed by atoms with van der Waals surface area (Å²) in [5, 5.41) is 14.9. The average Bonchev–Trinajstić information content (AvgIpc) is 3.13. The highest BCUT2D eigenvalue weighted by atomic mass is 32.2. The van der Waals surface area contributed by atoms with Gasteiger partial charge in [0.05, 0.1) is 10.7 Å². The van der Waals surface area contributed by atoms with E-state index in [-0.39, 0.29) is 11.6 Å². The number of thiophene rings is 1. The van der Waals surface area contributed by atoms with Gasteiger partial charge in [0, 0.05) is 49.8 Å². The largest absolute Gasteiger partial charge is 0.339 e. The van der Waals surface area contributed by atoms with Crippen molar-refractivity contribution in [2.75, 3.05) is 31.9 Å². The van der Waals surface area contributed by atoms with Gasteiger partial charge in [-0.15, -0.1) is 11.8 Å². The smallest absolute Gasteiger partial charge is 0.269 e. The SMILES string of the molecule is O=C(CSc1ccc([N+](=O)[O-])cc1)N1CCN(Cc2ccsc2)CC1. The predicted octanol–water partition coefficient (Wildman–Crippen LogP) is 3.09. The van der Waals surface area contributed by atoms with Gasteiger partial charge < -0.3 is 4.90 Å². The molecule has 2 aromatic rings. The highest BCUT2D eigenvalue weighted by Crippen LogP contribution is 2.22. The Bertz CT molecular complexity index is 711. The van der Waals surface area contributed by atoms with Gasteiger partial charge in [0.25, 0.3) is 5.69 Å². The number of benzene rings is 1. The molecule has 0 atom stereocenters. The minimum Gasteiger partial charge on any atom is -0.339 e. The summed E-state index contributed by atoms with van der Waals surface area (Å²) in [5.74, 6) is 0.487. The van der Waals surface area contributed by atoms with Crippen LogP contribution in [0.1, 0.15) is 5.56 Å². The molecule has 6 nitrogen and oxygen atoms in total. The van der Waals surface area contributed by atoms with Crippen LogP contribution >= 0.6 is 23.1 Å². The molecule has 0 bridgehead atoms. The Kier molecular flexibility index (Phi) is 6.06. The molecular formula is C17H19N3O3S2. The number of nitro benzene ring substituents is 1. The second-order valence-electron chi connectivity index (χ2n) is 5.83. The van der Waals surface area contributed by atoms with Crippen LogP contribution < -0.4 is 0 Å². The summed E-state index contributed by atoms with van der Waals surface area (Å²) in [4.78, 5) is 27.7. The van der Waals surface area contributed by atoms with Gasteiger partial charge in [0.2, 0.25) is 5.91 Å². The molecule has 0 unspecified atom stereocenters. The molecule has 0 saturated carbocycles. The number of carbonyl (C=O) groups excluding carboxylic acids is 1. The zero-order valence-electron chi connectivity index (χ0n) is 13.7. The molecule has 1 fully saturated rings. The predicted molar refractivity (Wildman–Crippen MR) is 100.0 cm³/mol. The lowest BCUT2D eigenvalue weighted by Crippen LogP contribution is -2.48. The second kappa shape index (κ2) is 8.46. The van der Waals surface area contributed by atoms with E-state index in [0.717, 1.165) is 37.6 Å². The maximum absolute atomic E-state index is 12.4. The van der Waals surface area contributed by atoms with E-state index in [4.69, 9.17) is 0 Å². The number of hydrogen-bond acceptors (Lipinski definition) is 6. The Balaban J connectivity index is 1.42. The number of nitro groups is 1. The van der Waals surface area contributed by atoms with E-state index < -0.39 is 4.92 Å². The number of nitrogens with zero attached hydrogens (tertiary/aromatic N) is 3. The minimum absolute atomic E-state index is 0.0671. The number of non-ortho nitro benzene ring substituents is 1. The van der Waals surface area contributed by atoms with Crippen LogP contribution in [0, 0.1) is 10.1 Å². The van der Waals surface area contributed by atoms with Crippen LogP contribution in [0.4, 0.5) is 5.69 Å². The number of carbonyl (C=O) groups is 1. The van der Waals surface area contributed by atoms with E-state index in [2.05, 4.69) is 21.7 Å². The monoisotopic (exact) mass is 377 g/mol. The molecule has 1 aromatic heterocycles. The van der Waals surface area contributed by atoms with Crippen molar-refractivity contribution in [2.24, 2.45) is 0 Å². The van der Waals surface area contributed by atoms with Crippen LogP contribution in [-0.2, 0) is 11.3 Å². The number of rotatable bonds is 6. The fourth-order valence-corrected chi connectivity index (χ4v) is 4.16. The Labute approximate surface area is 154 Å². The van der Waals surface area contributed by atoms with Gasteiger partial charge in [-0.05, 0) is 34.5 Å². The van der Waals surface area contributed by atoms with Crippen LogP contribution in [0.5, 0.6) is 0 Å². The van der Waals surface area contributed by atoms with Crippen molar-refractivity contribution in [3.05, 3.63) is 56.8 Å². The van der Waals surface area contributed by atoms with Gasteiger partial charge in [0.1, 0.15) is 0 Å². The highest BCUT2D eigenvalue weighted by Gasteiger charge is 2.21. The average molecular weight is 377 g/mol. The van der Waals surface area contributed by atoms with Gasteiger partial charge in [-0.25, -0.2) is 0 Å². The standard InChI is InChI=1S/C17H19N3O3S2/c21-17(13-25-16-3-1-15(2-4-16)20(22)23)19-8-6-18(7-9-19)11-14-5-10-24-12-14/h1-5,10,12H,6-9,11,13H2. The van der Waals surface area contributed by atoms with Crippen molar-refractivity contribution >= 4 is 34.7 Å². The lowest BCUT2D eigenvalue weighted by Gasteiger charge is -2.34. The number of thioether (sulfide) groups is 1. The van der Waals surface area contributed by atoms with E-state index >= 15 is 0 Å². The molecule has 8 heteroatoms. The molecule has 1 amide bonds. The molecular weight excluding hydrogens is 358 g/mol. The molecule has 1 aliphatic heterocycles. The van der Waals surface area contributed by atoms with Gasteiger partial charge in [-0.2, -0.15) is 11.3 Å². The van der Waals surface area contributed by atoms with Crippen molar-refractivity contribution in [1.82, 2.24) is 9.80 Å². The van der Waals surface area contributed by atoms with Crippen LogP contribution in [0.25, 0.3) is 0 Å². The molecule has 0 N–H and O–H groups in total. The Morgan fingerprint density at radius 2 is 1.88 bits per heavy atom.